The molecule has 0 aliphatic carbocycles. The Morgan fingerprint density at radius 2 is 2.55 bits per heavy atom. The molecule has 0 unspecified atom stereocenters. The molecule has 11 heavy (non-hydrogen) atoms. The van der Waals surface area contributed by atoms with Gasteiger partial charge in [0.15, 0.2) is 0 Å². The van der Waals surface area contributed by atoms with E-state index in [2.05, 4.69) is 15.3 Å². The van der Waals surface area contributed by atoms with Crippen LogP contribution in [0, 0.1) is 0 Å². The zero-order chi connectivity index (χ0) is 8.27. The molecule has 0 aliphatic rings. The quantitative estimate of drug-likeness (QED) is 0.657. The highest BCUT2D eigenvalue weighted by atomic mass is 35.5. The monoisotopic (exact) mass is 174 g/mol. The third-order valence-electron chi connectivity index (χ3n) is 1.06. The fourth-order valence-electron chi connectivity index (χ4n) is 0.633. The summed E-state index contributed by atoms with van der Waals surface area (Å²) < 4.78 is 0. The minimum atomic E-state index is -0.487. The summed E-state index contributed by atoms with van der Waals surface area (Å²) in [5, 5.41) is 0.480. The highest BCUT2D eigenvalue weighted by molar-refractivity contribution is 6.30. The largest absolute Gasteiger partial charge is 0.373 e. The molecule has 0 atom stereocenters. The van der Waals surface area contributed by atoms with Gasteiger partial charge in [-0.1, -0.05) is 11.6 Å². The molecule has 0 aromatic carbocycles. The Bertz CT molecular complexity index is 259. The van der Waals surface area contributed by atoms with Gasteiger partial charge in [-0.2, -0.15) is 5.48 Å². The Morgan fingerprint density at radius 3 is 3.00 bits per heavy atom. The number of H-pyrrole nitrogens is 1. The van der Waals surface area contributed by atoms with Gasteiger partial charge in [-0.15, -0.1) is 0 Å². The first kappa shape index (κ1) is 8.10. The maximum absolute atomic E-state index is 10.9. The number of rotatable bonds is 2. The smallest absolute Gasteiger partial charge is 0.366 e. The Morgan fingerprint density at radius 1 is 1.82 bits per heavy atom. The lowest BCUT2D eigenvalue weighted by Crippen LogP contribution is -2.15. The molecule has 1 rings (SSSR count). The number of hydroxylamine groups is 1. The number of aromatic amines is 1. The molecule has 0 radical (unpaired) electrons. The molecule has 1 heterocycles. The average Bonchev–Trinajstić information content (AvgIpc) is 2.36. The lowest BCUT2D eigenvalue weighted by atomic mass is 10.4. The fraction of sp³-hybridized carbons (Fsp3) is 0.167. The predicted octanol–water partition coefficient (Wildman–Crippen LogP) is 0.959. The first-order valence-corrected chi connectivity index (χ1v) is 3.33. The Labute approximate surface area is 68.5 Å². The van der Waals surface area contributed by atoms with Crippen LogP contribution < -0.4 is 5.48 Å². The SMILES string of the molecule is CNOC(=O)c1cc(Cl)c[nH]1. The normalized spacial score (nSPS) is 9.64. The second-order valence-corrected chi connectivity index (χ2v) is 2.26. The Balaban J connectivity index is 2.69. The number of aromatic nitrogens is 1. The van der Waals surface area contributed by atoms with Crippen LogP contribution in [0.5, 0.6) is 0 Å². The summed E-state index contributed by atoms with van der Waals surface area (Å²) in [5.41, 5.74) is 2.59. The molecule has 5 heteroatoms. The van der Waals surface area contributed by atoms with Gasteiger partial charge in [-0.25, -0.2) is 4.79 Å². The molecule has 60 valence electrons. The van der Waals surface area contributed by atoms with Crippen LogP contribution in [0.4, 0.5) is 0 Å². The van der Waals surface area contributed by atoms with Crippen molar-refractivity contribution in [1.82, 2.24) is 10.5 Å². The highest BCUT2D eigenvalue weighted by Gasteiger charge is 2.07. The summed E-state index contributed by atoms with van der Waals surface area (Å²) in [4.78, 5) is 18.0. The van der Waals surface area contributed by atoms with Crippen molar-refractivity contribution in [3.63, 3.8) is 0 Å². The van der Waals surface area contributed by atoms with Crippen LogP contribution >= 0.6 is 11.6 Å². The minimum absolute atomic E-state index is 0.323. The van der Waals surface area contributed by atoms with Gasteiger partial charge in [0, 0.05) is 13.2 Å². The molecular formula is C6H7ClN2O2. The predicted molar refractivity (Wildman–Crippen MR) is 40.3 cm³/mol. The maximum Gasteiger partial charge on any atom is 0.373 e. The molecule has 2 N–H and O–H groups in total. The topological polar surface area (TPSA) is 54.1 Å². The van der Waals surface area contributed by atoms with E-state index in [-0.39, 0.29) is 0 Å². The lowest BCUT2D eigenvalue weighted by Gasteiger charge is -1.96. The fourth-order valence-corrected chi connectivity index (χ4v) is 0.797. The summed E-state index contributed by atoms with van der Waals surface area (Å²) in [6.45, 7) is 0. The first-order chi connectivity index (χ1) is 5.24. The maximum atomic E-state index is 10.9. The van der Waals surface area contributed by atoms with Gasteiger partial charge in [0.05, 0.1) is 5.02 Å². The molecule has 0 spiro atoms. The van der Waals surface area contributed by atoms with Crippen LogP contribution in [0.3, 0.4) is 0 Å². The van der Waals surface area contributed by atoms with E-state index in [1.54, 1.807) is 0 Å². The number of carbonyl (C=O) groups is 1. The molecule has 1 aromatic heterocycles. The molecule has 0 saturated carbocycles. The van der Waals surface area contributed by atoms with Crippen molar-refractivity contribution in [3.05, 3.63) is 23.0 Å². The minimum Gasteiger partial charge on any atom is -0.366 e. The van der Waals surface area contributed by atoms with E-state index >= 15 is 0 Å². The van der Waals surface area contributed by atoms with Crippen LogP contribution in [0.2, 0.25) is 5.02 Å². The first-order valence-electron chi connectivity index (χ1n) is 2.96. The number of hydrogen-bond donors (Lipinski definition) is 2. The van der Waals surface area contributed by atoms with Gasteiger partial charge < -0.3 is 9.82 Å². The van der Waals surface area contributed by atoms with Gasteiger partial charge in [-0.3, -0.25) is 0 Å². The van der Waals surface area contributed by atoms with Crippen LogP contribution in [0.25, 0.3) is 0 Å². The number of carbonyl (C=O) groups excluding carboxylic acids is 1. The van der Waals surface area contributed by atoms with Gasteiger partial charge >= 0.3 is 5.97 Å². The van der Waals surface area contributed by atoms with E-state index in [1.165, 1.54) is 19.3 Å². The van der Waals surface area contributed by atoms with Crippen molar-refractivity contribution < 1.29 is 9.63 Å². The Hall–Kier alpha value is -1.00. The van der Waals surface area contributed by atoms with Crippen molar-refractivity contribution in [2.45, 2.75) is 0 Å². The summed E-state index contributed by atoms with van der Waals surface area (Å²) in [6.07, 6.45) is 1.51. The van der Waals surface area contributed by atoms with E-state index in [0.717, 1.165) is 0 Å². The van der Waals surface area contributed by atoms with E-state index < -0.39 is 5.97 Å². The van der Waals surface area contributed by atoms with Gasteiger partial charge in [0.2, 0.25) is 0 Å². The van der Waals surface area contributed by atoms with Crippen molar-refractivity contribution in [2.24, 2.45) is 0 Å². The average molecular weight is 175 g/mol. The van der Waals surface area contributed by atoms with Crippen LogP contribution in [-0.2, 0) is 4.84 Å². The standard InChI is InChI=1S/C6H7ClN2O2/c1-8-11-6(10)5-2-4(7)3-9-5/h2-3,8-9H,1H3. The highest BCUT2D eigenvalue weighted by Crippen LogP contribution is 2.09. The summed E-state index contributed by atoms with van der Waals surface area (Å²) in [6, 6.07) is 1.49. The zero-order valence-electron chi connectivity index (χ0n) is 5.85. The van der Waals surface area contributed by atoms with Crippen molar-refractivity contribution >= 4 is 17.6 Å². The number of hydrogen-bond acceptors (Lipinski definition) is 3. The molecule has 1 aromatic rings. The van der Waals surface area contributed by atoms with Crippen LogP contribution in [0.1, 0.15) is 10.5 Å². The lowest BCUT2D eigenvalue weighted by molar-refractivity contribution is 0.0303. The molecule has 4 nitrogen and oxygen atoms in total. The second kappa shape index (κ2) is 3.41. The molecule has 0 saturated heterocycles. The third kappa shape index (κ3) is 1.96. The van der Waals surface area contributed by atoms with E-state index in [1.807, 2.05) is 0 Å². The van der Waals surface area contributed by atoms with E-state index in [9.17, 15) is 4.79 Å². The Kier molecular flexibility index (Phi) is 2.51. The third-order valence-corrected chi connectivity index (χ3v) is 1.28. The number of nitrogens with one attached hydrogen (secondary N) is 2. The summed E-state index contributed by atoms with van der Waals surface area (Å²) >= 11 is 5.55. The van der Waals surface area contributed by atoms with E-state index in [4.69, 9.17) is 11.6 Å². The number of halogens is 1. The molecule has 0 fully saturated rings. The van der Waals surface area contributed by atoms with Crippen LogP contribution in [0.15, 0.2) is 12.3 Å². The molecule has 0 amide bonds. The summed E-state index contributed by atoms with van der Waals surface area (Å²) in [5.74, 6) is -0.487. The van der Waals surface area contributed by atoms with Crippen molar-refractivity contribution in [2.75, 3.05) is 7.05 Å². The van der Waals surface area contributed by atoms with Gasteiger partial charge in [0.25, 0.3) is 0 Å². The van der Waals surface area contributed by atoms with Crippen molar-refractivity contribution in [3.8, 4) is 0 Å². The van der Waals surface area contributed by atoms with Gasteiger partial charge in [-0.05, 0) is 6.07 Å². The van der Waals surface area contributed by atoms with Crippen molar-refractivity contribution in [1.29, 1.82) is 0 Å². The summed E-state index contributed by atoms with van der Waals surface area (Å²) in [7, 11) is 1.50. The van der Waals surface area contributed by atoms with E-state index in [0.29, 0.717) is 10.7 Å². The van der Waals surface area contributed by atoms with Gasteiger partial charge in [0.1, 0.15) is 5.69 Å². The molecule has 0 aliphatic heterocycles. The van der Waals surface area contributed by atoms with Crippen LogP contribution in [-0.4, -0.2) is 18.0 Å². The molecule has 0 bridgehead atoms. The zero-order valence-corrected chi connectivity index (χ0v) is 6.61. The molecular weight excluding hydrogens is 168 g/mol. The second-order valence-electron chi connectivity index (χ2n) is 1.83.